The van der Waals surface area contributed by atoms with Gasteiger partial charge in [0.25, 0.3) is 0 Å². The summed E-state index contributed by atoms with van der Waals surface area (Å²) in [5, 5.41) is 6.88. The second kappa shape index (κ2) is 13.8. The number of anilines is 3. The molecular formula is C53H37NO2. The molecule has 0 spiro atoms. The van der Waals surface area contributed by atoms with Crippen LogP contribution in [0.15, 0.2) is 210 Å². The first-order chi connectivity index (χ1) is 27.6. The van der Waals surface area contributed by atoms with Gasteiger partial charge in [-0.25, -0.2) is 0 Å². The van der Waals surface area contributed by atoms with Crippen LogP contribution in [-0.2, 0) is 0 Å². The molecule has 0 saturated carbocycles. The molecule has 0 bridgehead atoms. The van der Waals surface area contributed by atoms with Crippen LogP contribution in [0.2, 0.25) is 0 Å². The van der Waals surface area contributed by atoms with Gasteiger partial charge in [0.2, 0.25) is 0 Å². The zero-order chi connectivity index (χ0) is 37.6. The van der Waals surface area contributed by atoms with Crippen molar-refractivity contribution < 1.29 is 8.83 Å². The minimum Gasteiger partial charge on any atom is -0.456 e. The van der Waals surface area contributed by atoms with E-state index in [1.807, 2.05) is 36.4 Å². The Balaban J connectivity index is 1.12. The maximum absolute atomic E-state index is 6.65. The topological polar surface area (TPSA) is 29.5 Å². The van der Waals surface area contributed by atoms with Crippen LogP contribution in [0.1, 0.15) is 18.1 Å². The molecule has 2 aromatic heterocycles. The van der Waals surface area contributed by atoms with Crippen LogP contribution in [0.25, 0.3) is 76.9 Å². The summed E-state index contributed by atoms with van der Waals surface area (Å²) in [6, 6.07) is 61.8. The number of hydrogen-bond acceptors (Lipinski definition) is 3. The van der Waals surface area contributed by atoms with E-state index in [0.717, 1.165) is 83.2 Å². The fourth-order valence-electron chi connectivity index (χ4n) is 8.20. The molecule has 0 saturated heterocycles. The van der Waals surface area contributed by atoms with Crippen molar-refractivity contribution in [1.29, 1.82) is 0 Å². The van der Waals surface area contributed by atoms with Crippen molar-refractivity contribution in [1.82, 2.24) is 0 Å². The van der Waals surface area contributed by atoms with Gasteiger partial charge in [0.05, 0.1) is 5.69 Å². The van der Waals surface area contributed by atoms with Crippen molar-refractivity contribution in [3.8, 4) is 11.1 Å². The summed E-state index contributed by atoms with van der Waals surface area (Å²) >= 11 is 0. The Bertz CT molecular complexity index is 3170. The highest BCUT2D eigenvalue weighted by atomic mass is 16.3. The van der Waals surface area contributed by atoms with Crippen LogP contribution in [0.5, 0.6) is 0 Å². The van der Waals surface area contributed by atoms with Gasteiger partial charge in [-0.3, -0.25) is 0 Å². The lowest BCUT2D eigenvalue weighted by molar-refractivity contribution is 0.668. The highest BCUT2D eigenvalue weighted by Crippen LogP contribution is 2.44. The van der Waals surface area contributed by atoms with Crippen LogP contribution in [0, 0.1) is 0 Å². The van der Waals surface area contributed by atoms with E-state index in [1.165, 1.54) is 21.9 Å². The SMILES string of the molecule is C=C/C=C(\C=C(/C)c1cccc2ccccc12)c1cccc(N(c2ccc(-c3cccc4oc5ccccc5c34)cc2)c2cccc3c2oc2ccccc23)c1. The molecule has 56 heavy (non-hydrogen) atoms. The van der Waals surface area contributed by atoms with Gasteiger partial charge in [0.1, 0.15) is 16.7 Å². The Labute approximate surface area is 325 Å². The van der Waals surface area contributed by atoms with Gasteiger partial charge in [-0.1, -0.05) is 152 Å². The third-order valence-electron chi connectivity index (χ3n) is 10.8. The maximum atomic E-state index is 6.65. The van der Waals surface area contributed by atoms with E-state index >= 15 is 0 Å². The third-order valence-corrected chi connectivity index (χ3v) is 10.8. The Morgan fingerprint density at radius 1 is 0.554 bits per heavy atom. The average molecular weight is 720 g/mol. The third kappa shape index (κ3) is 5.69. The van der Waals surface area contributed by atoms with Gasteiger partial charge < -0.3 is 13.7 Å². The van der Waals surface area contributed by atoms with E-state index in [2.05, 4.69) is 176 Å². The molecule has 0 amide bonds. The van der Waals surface area contributed by atoms with Crippen molar-refractivity contribution in [2.45, 2.75) is 6.92 Å². The van der Waals surface area contributed by atoms with Crippen LogP contribution in [-0.4, -0.2) is 0 Å². The minimum atomic E-state index is 0.839. The van der Waals surface area contributed by atoms with Crippen molar-refractivity contribution >= 4 is 82.9 Å². The summed E-state index contributed by atoms with van der Waals surface area (Å²) in [6.07, 6.45) is 6.22. The summed E-state index contributed by atoms with van der Waals surface area (Å²) in [5.41, 5.74) is 13.3. The Hall–Kier alpha value is -7.36. The summed E-state index contributed by atoms with van der Waals surface area (Å²) in [5.74, 6) is 0. The number of para-hydroxylation sites is 3. The molecule has 0 aliphatic heterocycles. The van der Waals surface area contributed by atoms with Gasteiger partial charge in [0.15, 0.2) is 5.58 Å². The van der Waals surface area contributed by atoms with Crippen LogP contribution >= 0.6 is 0 Å². The molecule has 8 aromatic carbocycles. The summed E-state index contributed by atoms with van der Waals surface area (Å²) < 4.78 is 12.9. The zero-order valence-corrected chi connectivity index (χ0v) is 30.9. The van der Waals surface area contributed by atoms with Crippen molar-refractivity contribution in [2.24, 2.45) is 0 Å². The number of fused-ring (bicyclic) bond motifs is 7. The lowest BCUT2D eigenvalue weighted by atomic mass is 9.95. The van der Waals surface area contributed by atoms with Gasteiger partial charge in [-0.2, -0.15) is 0 Å². The highest BCUT2D eigenvalue weighted by Gasteiger charge is 2.21. The molecule has 0 fully saturated rings. The largest absolute Gasteiger partial charge is 0.456 e. The molecule has 2 heterocycles. The number of benzene rings is 8. The molecule has 3 nitrogen and oxygen atoms in total. The zero-order valence-electron chi connectivity index (χ0n) is 30.9. The van der Waals surface area contributed by atoms with E-state index in [0.29, 0.717) is 0 Å². The van der Waals surface area contributed by atoms with Gasteiger partial charge in [-0.15, -0.1) is 0 Å². The minimum absolute atomic E-state index is 0.839. The molecule has 0 aliphatic rings. The molecule has 0 unspecified atom stereocenters. The van der Waals surface area contributed by atoms with E-state index in [-0.39, 0.29) is 0 Å². The van der Waals surface area contributed by atoms with Crippen molar-refractivity contribution in [2.75, 3.05) is 4.90 Å². The quantitative estimate of drug-likeness (QED) is 0.146. The first-order valence-electron chi connectivity index (χ1n) is 19.0. The molecule has 3 heteroatoms. The van der Waals surface area contributed by atoms with Crippen molar-refractivity contribution in [3.63, 3.8) is 0 Å². The van der Waals surface area contributed by atoms with E-state index in [4.69, 9.17) is 8.83 Å². The highest BCUT2D eigenvalue weighted by molar-refractivity contribution is 6.13. The van der Waals surface area contributed by atoms with E-state index < -0.39 is 0 Å². The van der Waals surface area contributed by atoms with Crippen LogP contribution in [0.4, 0.5) is 17.1 Å². The fraction of sp³-hybridized carbons (Fsp3) is 0.0189. The Morgan fingerprint density at radius 3 is 2.05 bits per heavy atom. The summed E-state index contributed by atoms with van der Waals surface area (Å²) in [7, 11) is 0. The van der Waals surface area contributed by atoms with Gasteiger partial charge >= 0.3 is 0 Å². The number of nitrogens with zero attached hydrogens (tertiary/aromatic N) is 1. The second-order valence-electron chi connectivity index (χ2n) is 14.2. The molecule has 10 rings (SSSR count). The molecular weight excluding hydrogens is 683 g/mol. The standard InChI is InChI=1S/C53H37NO2/c1-3-14-38(33-35(2)42-22-11-16-36-15-4-5-19-43(36)42)39-17-10-18-41(34-39)54(48-25-12-24-46-45-20-6-8-26-49(45)56-53(46)48)40-31-29-37(30-32-40)44-23-13-28-51-52(44)47-21-7-9-27-50(47)55-51/h3-34H,1H2,2H3/b35-33+,38-14+. The number of hydrogen-bond donors (Lipinski definition) is 0. The molecule has 266 valence electrons. The van der Waals surface area contributed by atoms with Crippen molar-refractivity contribution in [3.05, 3.63) is 212 Å². The Kier molecular flexibility index (Phi) is 8.19. The first-order valence-corrected chi connectivity index (χ1v) is 19.0. The molecule has 0 atom stereocenters. The Morgan fingerprint density at radius 2 is 1.21 bits per heavy atom. The monoisotopic (exact) mass is 719 g/mol. The van der Waals surface area contributed by atoms with Crippen LogP contribution in [0.3, 0.4) is 0 Å². The predicted octanol–water partition coefficient (Wildman–Crippen LogP) is 15.4. The first kappa shape index (κ1) is 33.2. The molecule has 0 aliphatic carbocycles. The van der Waals surface area contributed by atoms with Crippen LogP contribution < -0.4 is 4.90 Å². The van der Waals surface area contributed by atoms with Gasteiger partial charge in [-0.05, 0) is 99.6 Å². The fourth-order valence-corrected chi connectivity index (χ4v) is 8.20. The average Bonchev–Trinajstić information content (AvgIpc) is 3.83. The normalized spacial score (nSPS) is 12.3. The summed E-state index contributed by atoms with van der Waals surface area (Å²) in [4.78, 5) is 2.30. The summed E-state index contributed by atoms with van der Waals surface area (Å²) in [6.45, 7) is 6.28. The second-order valence-corrected chi connectivity index (χ2v) is 14.2. The number of allylic oxidation sites excluding steroid dienone is 5. The molecule has 10 aromatic rings. The lowest BCUT2D eigenvalue weighted by Crippen LogP contribution is -2.10. The maximum Gasteiger partial charge on any atom is 0.159 e. The molecule has 0 N–H and O–H groups in total. The van der Waals surface area contributed by atoms with Gasteiger partial charge in [0, 0.05) is 32.9 Å². The lowest BCUT2D eigenvalue weighted by Gasteiger charge is -2.26. The molecule has 0 radical (unpaired) electrons. The predicted molar refractivity (Wildman–Crippen MR) is 237 cm³/mol. The number of furan rings is 2. The van der Waals surface area contributed by atoms with E-state index in [9.17, 15) is 0 Å². The van der Waals surface area contributed by atoms with E-state index in [1.54, 1.807) is 0 Å². The smallest absolute Gasteiger partial charge is 0.159 e. The number of rotatable bonds is 8.